The van der Waals surface area contributed by atoms with Crippen molar-refractivity contribution in [2.24, 2.45) is 0 Å². The molecule has 0 spiro atoms. The van der Waals surface area contributed by atoms with Gasteiger partial charge in [0.2, 0.25) is 0 Å². The molecule has 2 aromatic rings. The summed E-state index contributed by atoms with van der Waals surface area (Å²) >= 11 is 0.0287. The van der Waals surface area contributed by atoms with Crippen LogP contribution in [0.2, 0.25) is 0 Å². The van der Waals surface area contributed by atoms with Crippen LogP contribution >= 0.6 is 0 Å². The van der Waals surface area contributed by atoms with Crippen molar-refractivity contribution in [3.05, 3.63) is 67.8 Å². The van der Waals surface area contributed by atoms with E-state index in [2.05, 4.69) is 60.7 Å². The molecule has 0 amide bonds. The standard InChI is InChI=1S/C12H10I.6FH/c1-3-7-11(8-4-1)13-12-9-5-2-6-10-12;;;;;;/h1-10H;6*1H/q+1;;;;;;. The van der Waals surface area contributed by atoms with Crippen molar-refractivity contribution < 1.29 is 49.4 Å². The molecule has 7 heteroatoms. The number of halogens is 7. The van der Waals surface area contributed by atoms with E-state index >= 15 is 0 Å². The zero-order chi connectivity index (χ0) is 8.93. The summed E-state index contributed by atoms with van der Waals surface area (Å²) in [6.45, 7) is 0. The van der Waals surface area contributed by atoms with Gasteiger partial charge >= 0.3 is 21.2 Å². The second-order valence-corrected chi connectivity index (χ2v) is 5.72. The smallest absolute Gasteiger partial charge is 0.269 e. The van der Waals surface area contributed by atoms with E-state index in [-0.39, 0.29) is 49.4 Å². The quantitative estimate of drug-likeness (QED) is 0.515. The molecule has 112 valence electrons. The maximum atomic E-state index is 2.21. The van der Waals surface area contributed by atoms with E-state index in [9.17, 15) is 0 Å². The van der Waals surface area contributed by atoms with Gasteiger partial charge in [0.25, 0.3) is 0 Å². The largest absolute Gasteiger partial charge is 0.357 e. The highest BCUT2D eigenvalue weighted by Crippen LogP contribution is 1.85. The fourth-order valence-electron chi connectivity index (χ4n) is 1.08. The highest BCUT2D eigenvalue weighted by molar-refractivity contribution is 5.02. The zero-order valence-electron chi connectivity index (χ0n) is 9.60. The normalized spacial score (nSPS) is 6.74. The highest BCUT2D eigenvalue weighted by atomic mass is 127. The van der Waals surface area contributed by atoms with Gasteiger partial charge in [0, 0.05) is 0 Å². The van der Waals surface area contributed by atoms with Gasteiger partial charge in [0.15, 0.2) is 7.14 Å². The molecule has 0 radical (unpaired) electrons. The van der Waals surface area contributed by atoms with E-state index in [0.29, 0.717) is 0 Å². The van der Waals surface area contributed by atoms with Crippen molar-refractivity contribution in [3.63, 3.8) is 0 Å². The summed E-state index contributed by atoms with van der Waals surface area (Å²) in [5.74, 6) is 0. The Morgan fingerprint density at radius 2 is 0.684 bits per heavy atom. The van der Waals surface area contributed by atoms with Crippen molar-refractivity contribution in [3.8, 4) is 0 Å². The minimum atomic E-state index is 0. The first-order valence-electron chi connectivity index (χ1n) is 4.20. The molecule has 19 heavy (non-hydrogen) atoms. The van der Waals surface area contributed by atoms with E-state index < -0.39 is 0 Å². The Hall–Kier alpha value is -1.25. The molecule has 2 aromatic carbocycles. The summed E-state index contributed by atoms with van der Waals surface area (Å²) < 4.78 is 2.96. The summed E-state index contributed by atoms with van der Waals surface area (Å²) in [5, 5.41) is 0. The van der Waals surface area contributed by atoms with E-state index in [1.165, 1.54) is 7.14 Å². The molecule has 0 heterocycles. The fraction of sp³-hybridized carbons (Fsp3) is 0. The maximum Gasteiger partial charge on any atom is 0.357 e. The summed E-state index contributed by atoms with van der Waals surface area (Å²) in [5.41, 5.74) is 0. The van der Waals surface area contributed by atoms with Gasteiger partial charge < -0.3 is 0 Å². The molecule has 0 nitrogen and oxygen atoms in total. The Kier molecular flexibility index (Phi) is 27.0. The zero-order valence-corrected chi connectivity index (χ0v) is 11.8. The lowest BCUT2D eigenvalue weighted by atomic mass is 10.4. The molecular weight excluding hydrogens is 385 g/mol. The van der Waals surface area contributed by atoms with Crippen LogP contribution in [0.3, 0.4) is 0 Å². The van der Waals surface area contributed by atoms with Crippen LogP contribution < -0.4 is 21.2 Å². The Labute approximate surface area is 117 Å². The van der Waals surface area contributed by atoms with Crippen LogP contribution in [-0.2, 0) is 0 Å². The first-order valence-corrected chi connectivity index (χ1v) is 6.36. The molecule has 0 aromatic heterocycles. The first kappa shape index (κ1) is 30.6. The molecule has 0 bridgehead atoms. The number of hydrogen-bond donors (Lipinski definition) is 0. The average Bonchev–Trinajstić information content (AvgIpc) is 2.21. The molecule has 0 unspecified atom stereocenters. The molecule has 0 aliphatic rings. The Morgan fingerprint density at radius 3 is 0.947 bits per heavy atom. The van der Waals surface area contributed by atoms with Crippen molar-refractivity contribution in [2.45, 2.75) is 0 Å². The van der Waals surface area contributed by atoms with E-state index in [1.54, 1.807) is 0 Å². The van der Waals surface area contributed by atoms with Crippen LogP contribution in [0.15, 0.2) is 60.7 Å². The summed E-state index contributed by atoms with van der Waals surface area (Å²) in [7, 11) is 0. The van der Waals surface area contributed by atoms with Gasteiger partial charge in [-0.05, 0) is 24.3 Å². The lowest BCUT2D eigenvalue weighted by Gasteiger charge is -1.84. The van der Waals surface area contributed by atoms with Gasteiger partial charge in [0.05, 0.1) is 0 Å². The van der Waals surface area contributed by atoms with Gasteiger partial charge in [-0.2, -0.15) is 0 Å². The van der Waals surface area contributed by atoms with E-state index in [1.807, 2.05) is 0 Å². The molecule has 0 aliphatic heterocycles. The van der Waals surface area contributed by atoms with Crippen LogP contribution in [0.5, 0.6) is 0 Å². The average molecular weight is 401 g/mol. The third-order valence-corrected chi connectivity index (χ3v) is 4.37. The second kappa shape index (κ2) is 16.8. The maximum absolute atomic E-state index is 2.21. The Bertz CT molecular complexity index is 333. The lowest BCUT2D eigenvalue weighted by Crippen LogP contribution is -3.61. The minimum absolute atomic E-state index is 0. The lowest BCUT2D eigenvalue weighted by molar-refractivity contribution is -0.597. The number of benzene rings is 2. The van der Waals surface area contributed by atoms with Gasteiger partial charge in [0.1, 0.15) is 0 Å². The monoisotopic (exact) mass is 401 g/mol. The van der Waals surface area contributed by atoms with Crippen LogP contribution in [0.4, 0.5) is 28.2 Å². The molecule has 0 N–H and O–H groups in total. The third-order valence-electron chi connectivity index (χ3n) is 1.68. The van der Waals surface area contributed by atoms with Crippen molar-refractivity contribution in [1.82, 2.24) is 0 Å². The molecule has 0 saturated carbocycles. The van der Waals surface area contributed by atoms with Crippen LogP contribution in [0, 0.1) is 7.14 Å². The summed E-state index contributed by atoms with van der Waals surface area (Å²) in [6.07, 6.45) is 0. The van der Waals surface area contributed by atoms with Crippen LogP contribution in [0.1, 0.15) is 0 Å². The van der Waals surface area contributed by atoms with Gasteiger partial charge in [-0.15, -0.1) is 0 Å². The van der Waals surface area contributed by atoms with Crippen molar-refractivity contribution >= 4 is 0 Å². The van der Waals surface area contributed by atoms with Gasteiger partial charge in [-0.3, -0.25) is 28.2 Å². The van der Waals surface area contributed by atoms with Crippen LogP contribution in [-0.4, -0.2) is 0 Å². The summed E-state index contributed by atoms with van der Waals surface area (Å²) in [4.78, 5) is 0. The molecule has 0 atom stereocenters. The third kappa shape index (κ3) is 10.4. The first-order chi connectivity index (χ1) is 6.45. The number of rotatable bonds is 2. The molecule has 0 aliphatic carbocycles. The Morgan fingerprint density at radius 1 is 0.421 bits per heavy atom. The number of hydrogen-bond acceptors (Lipinski definition) is 0. The minimum Gasteiger partial charge on any atom is -0.269 e. The highest BCUT2D eigenvalue weighted by Gasteiger charge is 2.12. The van der Waals surface area contributed by atoms with Gasteiger partial charge in [-0.25, -0.2) is 0 Å². The van der Waals surface area contributed by atoms with E-state index in [0.717, 1.165) is 0 Å². The fourth-order valence-corrected chi connectivity index (χ4v) is 3.35. The summed E-state index contributed by atoms with van der Waals surface area (Å²) in [6, 6.07) is 21.4. The second-order valence-electron chi connectivity index (χ2n) is 2.69. The van der Waals surface area contributed by atoms with E-state index in [4.69, 9.17) is 0 Å². The van der Waals surface area contributed by atoms with Crippen molar-refractivity contribution in [1.29, 1.82) is 0 Å². The topological polar surface area (TPSA) is 0 Å². The predicted octanol–water partition coefficient (Wildman–Crippen LogP) is 0.730. The van der Waals surface area contributed by atoms with Crippen LogP contribution in [0.25, 0.3) is 0 Å². The molecule has 0 saturated heterocycles. The molecule has 2 rings (SSSR count). The Balaban J connectivity index is -0.000000109. The van der Waals surface area contributed by atoms with Crippen molar-refractivity contribution in [2.75, 3.05) is 0 Å². The van der Waals surface area contributed by atoms with Gasteiger partial charge in [-0.1, -0.05) is 36.4 Å². The SMILES string of the molecule is F.F.F.F.F.F.c1ccc([I+]c2ccccc2)cc1. The predicted molar refractivity (Wildman–Crippen MR) is 65.3 cm³/mol. The molecular formula is C12H16F6I+. The molecule has 0 fully saturated rings.